The van der Waals surface area contributed by atoms with Crippen molar-refractivity contribution >= 4 is 33.7 Å². The molecule has 3 heterocycles. The van der Waals surface area contributed by atoms with Crippen molar-refractivity contribution < 1.29 is 9.47 Å². The normalized spacial score (nSPS) is 12.0. The molecule has 0 spiro atoms. The molecular weight excluding hydrogens is 418 g/mol. The number of hydrogen-bond acceptors (Lipinski definition) is 7. The van der Waals surface area contributed by atoms with E-state index in [-0.39, 0.29) is 5.56 Å². The molecule has 1 aromatic carbocycles. The monoisotopic (exact) mass is 441 g/mol. The van der Waals surface area contributed by atoms with Crippen molar-refractivity contribution in [3.8, 4) is 22.2 Å². The Labute approximate surface area is 182 Å². The fourth-order valence-corrected chi connectivity index (χ4v) is 4.59. The summed E-state index contributed by atoms with van der Waals surface area (Å²) in [5.41, 5.74) is 0.711. The third-order valence-electron chi connectivity index (χ3n) is 4.49. The van der Waals surface area contributed by atoms with Crippen molar-refractivity contribution in [1.82, 2.24) is 14.6 Å². The highest BCUT2D eigenvalue weighted by Crippen LogP contribution is 2.29. The first kappa shape index (κ1) is 20.6. The molecule has 0 saturated heterocycles. The standard InChI is InChI=1S/C22H23N3O3S2/c1-3-5-6-11-28-16-10-9-15(13-17(16)27-4-2)14-19-21(26)25-22(30-19)23-20(24-25)18-8-7-12-29-18/h7-10,12-14H,3-6,11H2,1-2H3. The minimum Gasteiger partial charge on any atom is -0.490 e. The Morgan fingerprint density at radius 3 is 2.77 bits per heavy atom. The highest BCUT2D eigenvalue weighted by Gasteiger charge is 2.13. The number of nitrogens with zero attached hydrogens (tertiary/aromatic N) is 3. The summed E-state index contributed by atoms with van der Waals surface area (Å²) in [6.45, 7) is 5.32. The van der Waals surface area contributed by atoms with Crippen molar-refractivity contribution in [2.75, 3.05) is 13.2 Å². The summed E-state index contributed by atoms with van der Waals surface area (Å²) in [6.07, 6.45) is 5.16. The minimum absolute atomic E-state index is 0.164. The molecule has 0 atom stereocenters. The molecule has 8 heteroatoms. The number of aromatic nitrogens is 3. The van der Waals surface area contributed by atoms with Gasteiger partial charge in [0.2, 0.25) is 4.96 Å². The zero-order valence-corrected chi connectivity index (χ0v) is 18.6. The van der Waals surface area contributed by atoms with Crippen LogP contribution in [-0.4, -0.2) is 27.8 Å². The van der Waals surface area contributed by atoms with Gasteiger partial charge in [0.1, 0.15) is 0 Å². The molecule has 156 valence electrons. The van der Waals surface area contributed by atoms with Crippen LogP contribution in [0.3, 0.4) is 0 Å². The lowest BCUT2D eigenvalue weighted by molar-refractivity contribution is 0.271. The zero-order valence-electron chi connectivity index (χ0n) is 17.0. The highest BCUT2D eigenvalue weighted by atomic mass is 32.1. The highest BCUT2D eigenvalue weighted by molar-refractivity contribution is 7.15. The molecule has 3 aromatic heterocycles. The molecule has 0 bridgehead atoms. The third-order valence-corrected chi connectivity index (χ3v) is 6.32. The summed E-state index contributed by atoms with van der Waals surface area (Å²) in [6, 6.07) is 9.64. The van der Waals surface area contributed by atoms with Crippen LogP contribution in [0.2, 0.25) is 0 Å². The molecule has 0 amide bonds. The van der Waals surface area contributed by atoms with Crippen LogP contribution in [0.15, 0.2) is 40.5 Å². The van der Waals surface area contributed by atoms with E-state index < -0.39 is 0 Å². The number of ether oxygens (including phenoxy) is 2. The van der Waals surface area contributed by atoms with E-state index in [2.05, 4.69) is 17.0 Å². The van der Waals surface area contributed by atoms with E-state index in [1.165, 1.54) is 15.9 Å². The Balaban J connectivity index is 1.62. The van der Waals surface area contributed by atoms with E-state index in [4.69, 9.17) is 9.47 Å². The SMILES string of the molecule is CCCCCOc1ccc(C=c2sc3nc(-c4cccs4)nn3c2=O)cc1OCC. The van der Waals surface area contributed by atoms with E-state index in [1.54, 1.807) is 11.3 Å². The second-order valence-corrected chi connectivity index (χ2v) is 8.67. The number of fused-ring (bicyclic) bond motifs is 1. The second kappa shape index (κ2) is 9.40. The largest absolute Gasteiger partial charge is 0.490 e. The van der Waals surface area contributed by atoms with Crippen LogP contribution in [0.4, 0.5) is 0 Å². The number of rotatable bonds is 9. The van der Waals surface area contributed by atoms with Crippen molar-refractivity contribution in [2.24, 2.45) is 0 Å². The summed E-state index contributed by atoms with van der Waals surface area (Å²) in [7, 11) is 0. The summed E-state index contributed by atoms with van der Waals surface area (Å²) in [5.74, 6) is 2.01. The van der Waals surface area contributed by atoms with Crippen LogP contribution in [0.5, 0.6) is 11.5 Å². The van der Waals surface area contributed by atoms with Gasteiger partial charge in [-0.3, -0.25) is 4.79 Å². The van der Waals surface area contributed by atoms with Crippen LogP contribution < -0.4 is 19.6 Å². The average Bonchev–Trinajstić information content (AvgIpc) is 3.46. The lowest BCUT2D eigenvalue weighted by Crippen LogP contribution is -2.23. The molecule has 0 aliphatic carbocycles. The summed E-state index contributed by atoms with van der Waals surface area (Å²) < 4.78 is 13.6. The summed E-state index contributed by atoms with van der Waals surface area (Å²) in [5, 5.41) is 6.34. The number of hydrogen-bond donors (Lipinski definition) is 0. The molecule has 0 fully saturated rings. The van der Waals surface area contributed by atoms with Crippen molar-refractivity contribution in [2.45, 2.75) is 33.1 Å². The molecular formula is C22H23N3O3S2. The summed E-state index contributed by atoms with van der Waals surface area (Å²) >= 11 is 2.89. The van der Waals surface area contributed by atoms with Gasteiger partial charge in [-0.25, -0.2) is 0 Å². The van der Waals surface area contributed by atoms with Gasteiger partial charge >= 0.3 is 0 Å². The molecule has 30 heavy (non-hydrogen) atoms. The first-order valence-corrected chi connectivity index (χ1v) is 11.7. The second-order valence-electron chi connectivity index (χ2n) is 6.72. The fourth-order valence-electron chi connectivity index (χ4n) is 3.03. The Kier molecular flexibility index (Phi) is 6.44. The zero-order chi connectivity index (χ0) is 20.9. The molecule has 0 saturated carbocycles. The van der Waals surface area contributed by atoms with E-state index in [9.17, 15) is 4.79 Å². The van der Waals surface area contributed by atoms with Gasteiger partial charge in [0.15, 0.2) is 17.3 Å². The Morgan fingerprint density at radius 2 is 2.03 bits per heavy atom. The van der Waals surface area contributed by atoms with E-state index in [1.807, 2.05) is 48.7 Å². The van der Waals surface area contributed by atoms with Gasteiger partial charge in [-0.05, 0) is 48.6 Å². The van der Waals surface area contributed by atoms with Gasteiger partial charge in [-0.1, -0.05) is 43.2 Å². The molecule has 0 radical (unpaired) electrons. The predicted molar refractivity (Wildman–Crippen MR) is 122 cm³/mol. The maximum atomic E-state index is 12.8. The number of benzene rings is 1. The van der Waals surface area contributed by atoms with Crippen LogP contribution in [0, 0.1) is 0 Å². The molecule has 0 aliphatic heterocycles. The maximum absolute atomic E-state index is 12.8. The topological polar surface area (TPSA) is 65.7 Å². The smallest absolute Gasteiger partial charge is 0.291 e. The van der Waals surface area contributed by atoms with Crippen LogP contribution in [0.25, 0.3) is 21.7 Å². The average molecular weight is 442 g/mol. The van der Waals surface area contributed by atoms with E-state index >= 15 is 0 Å². The number of unbranched alkanes of at least 4 members (excludes halogenated alkanes) is 2. The van der Waals surface area contributed by atoms with Crippen LogP contribution in [0.1, 0.15) is 38.7 Å². The number of thiophene rings is 1. The molecule has 0 aliphatic rings. The van der Waals surface area contributed by atoms with Gasteiger partial charge in [0.25, 0.3) is 5.56 Å². The third kappa shape index (κ3) is 4.39. The summed E-state index contributed by atoms with van der Waals surface area (Å²) in [4.78, 5) is 18.8. The minimum atomic E-state index is -0.164. The Hall–Kier alpha value is -2.71. The first-order valence-electron chi connectivity index (χ1n) is 10.0. The Bertz CT molecular complexity index is 1230. The van der Waals surface area contributed by atoms with Crippen molar-refractivity contribution in [3.05, 3.63) is 56.2 Å². The van der Waals surface area contributed by atoms with Gasteiger partial charge in [-0.2, -0.15) is 9.50 Å². The van der Waals surface area contributed by atoms with Crippen molar-refractivity contribution in [3.63, 3.8) is 0 Å². The van der Waals surface area contributed by atoms with Crippen LogP contribution >= 0.6 is 22.7 Å². The lowest BCUT2D eigenvalue weighted by Gasteiger charge is -2.12. The Morgan fingerprint density at radius 1 is 1.13 bits per heavy atom. The first-order chi connectivity index (χ1) is 14.7. The fraction of sp³-hybridized carbons (Fsp3) is 0.318. The van der Waals surface area contributed by atoms with Gasteiger partial charge in [-0.15, -0.1) is 16.4 Å². The molecule has 6 nitrogen and oxygen atoms in total. The molecule has 4 aromatic rings. The quantitative estimate of drug-likeness (QED) is 0.360. The maximum Gasteiger partial charge on any atom is 0.291 e. The van der Waals surface area contributed by atoms with Gasteiger partial charge < -0.3 is 9.47 Å². The van der Waals surface area contributed by atoms with Crippen molar-refractivity contribution in [1.29, 1.82) is 0 Å². The molecule has 4 rings (SSSR count). The molecule has 0 unspecified atom stereocenters. The van der Waals surface area contributed by atoms with E-state index in [0.717, 1.165) is 35.5 Å². The lowest BCUT2D eigenvalue weighted by atomic mass is 10.2. The van der Waals surface area contributed by atoms with Crippen LogP contribution in [-0.2, 0) is 0 Å². The molecule has 0 N–H and O–H groups in total. The van der Waals surface area contributed by atoms with E-state index in [0.29, 0.717) is 34.3 Å². The van der Waals surface area contributed by atoms with Gasteiger partial charge in [0.05, 0.1) is 22.6 Å². The number of thiazole rings is 1. The van der Waals surface area contributed by atoms with Gasteiger partial charge in [0, 0.05) is 0 Å². The predicted octanol–water partition coefficient (Wildman–Crippen LogP) is 4.39.